The van der Waals surface area contributed by atoms with E-state index in [1.54, 1.807) is 0 Å². The molecular weight excluding hydrogens is 416 g/mol. The fraction of sp³-hybridized carbons (Fsp3) is 0.385. The molecule has 2 heterocycles. The molecule has 7 heteroatoms. The number of carbonyl (C=O) groups is 1. The molecule has 0 radical (unpaired) electrons. The number of carboxylic acids is 1. The molecule has 1 N–H and O–H groups in total. The van der Waals surface area contributed by atoms with Crippen molar-refractivity contribution in [2.24, 2.45) is 5.92 Å². The highest BCUT2D eigenvalue weighted by atomic mass is 16.5. The fourth-order valence-corrected chi connectivity index (χ4v) is 5.46. The molecular formula is C26H26N4O3. The van der Waals surface area contributed by atoms with Gasteiger partial charge in [-0.25, -0.2) is 0 Å². The molecule has 2 saturated carbocycles. The van der Waals surface area contributed by atoms with Crippen LogP contribution in [0.4, 0.5) is 0 Å². The Morgan fingerprint density at radius 2 is 1.79 bits per heavy atom. The van der Waals surface area contributed by atoms with Crippen molar-refractivity contribution in [2.45, 2.75) is 56.9 Å². The van der Waals surface area contributed by atoms with Gasteiger partial charge in [0, 0.05) is 5.39 Å². The van der Waals surface area contributed by atoms with E-state index >= 15 is 0 Å². The Labute approximate surface area is 191 Å². The standard InChI is InChI=1S/C26H26N4O3/c1-16-6-2-4-8-20(16)26(14-15-26)25-27-23(33-29-25)22-19-7-3-5-9-21(19)30(28-22)18-12-10-17(11-13-18)24(31)32/h2-9,17-18H,10-15H2,1H3,(H,31,32). The molecule has 0 spiro atoms. The average molecular weight is 443 g/mol. The number of fused-ring (bicyclic) bond motifs is 1. The molecule has 2 aliphatic rings. The highest BCUT2D eigenvalue weighted by molar-refractivity contribution is 5.91. The Morgan fingerprint density at radius 1 is 1.06 bits per heavy atom. The summed E-state index contributed by atoms with van der Waals surface area (Å²) < 4.78 is 7.82. The molecule has 2 aliphatic carbocycles. The maximum Gasteiger partial charge on any atom is 0.306 e. The minimum absolute atomic E-state index is 0.166. The number of hydrogen-bond acceptors (Lipinski definition) is 5. The van der Waals surface area contributed by atoms with Crippen molar-refractivity contribution in [3.63, 3.8) is 0 Å². The number of para-hydroxylation sites is 1. The van der Waals surface area contributed by atoms with Gasteiger partial charge in [-0.1, -0.05) is 47.6 Å². The first kappa shape index (κ1) is 20.1. The van der Waals surface area contributed by atoms with Gasteiger partial charge in [-0.2, -0.15) is 10.1 Å². The van der Waals surface area contributed by atoms with Gasteiger partial charge in [-0.3, -0.25) is 9.48 Å². The molecule has 0 bridgehead atoms. The molecule has 0 atom stereocenters. The fourth-order valence-electron chi connectivity index (χ4n) is 5.46. The Balaban J connectivity index is 1.36. The van der Waals surface area contributed by atoms with Crippen LogP contribution in [0.1, 0.15) is 61.5 Å². The molecule has 2 fully saturated rings. The molecule has 168 valence electrons. The Bertz CT molecular complexity index is 1340. The van der Waals surface area contributed by atoms with Crippen LogP contribution in [0, 0.1) is 12.8 Å². The molecule has 7 nitrogen and oxygen atoms in total. The van der Waals surface area contributed by atoms with Crippen molar-refractivity contribution in [3.8, 4) is 11.6 Å². The largest absolute Gasteiger partial charge is 0.481 e. The predicted molar refractivity (Wildman–Crippen MR) is 123 cm³/mol. The predicted octanol–water partition coefficient (Wildman–Crippen LogP) is 5.29. The quantitative estimate of drug-likeness (QED) is 0.451. The van der Waals surface area contributed by atoms with Crippen molar-refractivity contribution in [1.29, 1.82) is 0 Å². The molecule has 0 aliphatic heterocycles. The number of aryl methyl sites for hydroxylation is 1. The van der Waals surface area contributed by atoms with Crippen LogP contribution >= 0.6 is 0 Å². The van der Waals surface area contributed by atoms with Gasteiger partial charge in [0.25, 0.3) is 5.89 Å². The average Bonchev–Trinajstić information content (AvgIpc) is 3.32. The second kappa shape index (κ2) is 7.54. The van der Waals surface area contributed by atoms with Crippen LogP contribution in [0.2, 0.25) is 0 Å². The molecule has 2 aromatic heterocycles. The molecule has 0 amide bonds. The number of carboxylic acid groups (broad SMARTS) is 1. The van der Waals surface area contributed by atoms with Crippen molar-refractivity contribution >= 4 is 16.9 Å². The summed E-state index contributed by atoms with van der Waals surface area (Å²) in [4.78, 5) is 16.2. The van der Waals surface area contributed by atoms with Gasteiger partial charge in [0.15, 0.2) is 11.5 Å². The van der Waals surface area contributed by atoms with E-state index in [0.717, 1.165) is 42.4 Å². The van der Waals surface area contributed by atoms with E-state index in [4.69, 9.17) is 14.6 Å². The van der Waals surface area contributed by atoms with E-state index in [0.29, 0.717) is 24.4 Å². The molecule has 6 rings (SSSR count). The smallest absolute Gasteiger partial charge is 0.306 e. The minimum atomic E-state index is -0.694. The summed E-state index contributed by atoms with van der Waals surface area (Å²) in [6.45, 7) is 2.13. The molecule has 0 saturated heterocycles. The topological polar surface area (TPSA) is 94.0 Å². The summed E-state index contributed by atoms with van der Waals surface area (Å²) in [6.07, 6.45) is 4.97. The van der Waals surface area contributed by atoms with E-state index in [-0.39, 0.29) is 17.4 Å². The lowest BCUT2D eigenvalue weighted by Crippen LogP contribution is -2.23. The van der Waals surface area contributed by atoms with Crippen LogP contribution in [-0.2, 0) is 10.2 Å². The van der Waals surface area contributed by atoms with E-state index in [9.17, 15) is 9.90 Å². The van der Waals surface area contributed by atoms with Crippen LogP contribution < -0.4 is 0 Å². The monoisotopic (exact) mass is 442 g/mol. The lowest BCUT2D eigenvalue weighted by atomic mass is 9.86. The zero-order valence-corrected chi connectivity index (χ0v) is 18.6. The van der Waals surface area contributed by atoms with Gasteiger partial charge in [0.2, 0.25) is 0 Å². The van der Waals surface area contributed by atoms with E-state index in [2.05, 4.69) is 42.4 Å². The lowest BCUT2D eigenvalue weighted by molar-refractivity contribution is -0.143. The van der Waals surface area contributed by atoms with Gasteiger partial charge in [-0.05, 0) is 62.6 Å². The van der Waals surface area contributed by atoms with Crippen LogP contribution in [-0.4, -0.2) is 31.0 Å². The third-order valence-corrected chi connectivity index (χ3v) is 7.47. The number of hydrogen-bond donors (Lipinski definition) is 1. The maximum atomic E-state index is 11.4. The Kier molecular flexibility index (Phi) is 4.60. The van der Waals surface area contributed by atoms with Gasteiger partial charge < -0.3 is 9.63 Å². The summed E-state index contributed by atoms with van der Waals surface area (Å²) in [5.41, 5.74) is 4.06. The summed E-state index contributed by atoms with van der Waals surface area (Å²) in [7, 11) is 0. The second-order valence-electron chi connectivity index (χ2n) is 9.47. The number of rotatable bonds is 5. The second-order valence-corrected chi connectivity index (χ2v) is 9.47. The Morgan fingerprint density at radius 3 is 2.52 bits per heavy atom. The van der Waals surface area contributed by atoms with Gasteiger partial charge in [0.1, 0.15) is 0 Å². The first-order valence-corrected chi connectivity index (χ1v) is 11.7. The SMILES string of the molecule is Cc1ccccc1C1(c2noc(-c3nn(C4CCC(C(=O)O)CC4)c4ccccc34)n2)CC1. The first-order chi connectivity index (χ1) is 16.1. The summed E-state index contributed by atoms with van der Waals surface area (Å²) in [5.74, 6) is 0.226. The maximum absolute atomic E-state index is 11.4. The third-order valence-electron chi connectivity index (χ3n) is 7.47. The minimum Gasteiger partial charge on any atom is -0.481 e. The zero-order valence-electron chi connectivity index (χ0n) is 18.6. The van der Waals surface area contributed by atoms with Gasteiger partial charge in [-0.15, -0.1) is 0 Å². The van der Waals surface area contributed by atoms with Gasteiger partial charge >= 0.3 is 5.97 Å². The molecule has 33 heavy (non-hydrogen) atoms. The molecule has 4 aromatic rings. The van der Waals surface area contributed by atoms with E-state index in [1.807, 2.05) is 22.9 Å². The third kappa shape index (κ3) is 3.25. The van der Waals surface area contributed by atoms with Crippen molar-refractivity contribution in [3.05, 3.63) is 65.5 Å². The van der Waals surface area contributed by atoms with Gasteiger partial charge in [0.05, 0.1) is 22.9 Å². The van der Waals surface area contributed by atoms with Crippen LogP contribution in [0.5, 0.6) is 0 Å². The number of benzene rings is 2. The highest BCUT2D eigenvalue weighted by Crippen LogP contribution is 2.53. The van der Waals surface area contributed by atoms with Crippen molar-refractivity contribution in [1.82, 2.24) is 19.9 Å². The summed E-state index contributed by atoms with van der Waals surface area (Å²) >= 11 is 0. The summed E-state index contributed by atoms with van der Waals surface area (Å²) in [6, 6.07) is 16.7. The van der Waals surface area contributed by atoms with E-state index < -0.39 is 5.97 Å². The molecule has 0 unspecified atom stereocenters. The van der Waals surface area contributed by atoms with Crippen molar-refractivity contribution in [2.75, 3.05) is 0 Å². The van der Waals surface area contributed by atoms with Crippen LogP contribution in [0.3, 0.4) is 0 Å². The zero-order chi connectivity index (χ0) is 22.6. The highest BCUT2D eigenvalue weighted by Gasteiger charge is 2.50. The van der Waals surface area contributed by atoms with E-state index in [1.165, 1.54) is 11.1 Å². The number of aromatic nitrogens is 4. The first-order valence-electron chi connectivity index (χ1n) is 11.7. The Hall–Kier alpha value is -3.48. The number of nitrogens with zero attached hydrogens (tertiary/aromatic N) is 4. The van der Waals surface area contributed by atoms with Crippen LogP contribution in [0.15, 0.2) is 53.1 Å². The lowest BCUT2D eigenvalue weighted by Gasteiger charge is -2.26. The normalized spacial score (nSPS) is 21.8. The van der Waals surface area contributed by atoms with Crippen LogP contribution in [0.25, 0.3) is 22.5 Å². The molecule has 2 aromatic carbocycles. The summed E-state index contributed by atoms with van der Waals surface area (Å²) in [5, 5.41) is 19.7. The van der Waals surface area contributed by atoms with Crippen molar-refractivity contribution < 1.29 is 14.4 Å². The number of aliphatic carboxylic acids is 1.